The molecule has 1 aromatic heterocycles. The third-order valence-electron chi connectivity index (χ3n) is 3.95. The summed E-state index contributed by atoms with van der Waals surface area (Å²) in [5.74, 6) is 0.724. The summed E-state index contributed by atoms with van der Waals surface area (Å²) in [6.07, 6.45) is 1.70. The van der Waals surface area contributed by atoms with Crippen molar-refractivity contribution in [2.45, 2.75) is 32.6 Å². The molecule has 0 N–H and O–H groups in total. The van der Waals surface area contributed by atoms with Crippen molar-refractivity contribution in [1.29, 1.82) is 0 Å². The van der Waals surface area contributed by atoms with Crippen LogP contribution >= 0.6 is 0 Å². The molecule has 2 atom stereocenters. The van der Waals surface area contributed by atoms with E-state index in [4.69, 9.17) is 0 Å². The van der Waals surface area contributed by atoms with Crippen LogP contribution in [0.2, 0.25) is 0 Å². The van der Waals surface area contributed by atoms with Gasteiger partial charge in [-0.15, -0.1) is 0 Å². The second kappa shape index (κ2) is 5.16. The van der Waals surface area contributed by atoms with Crippen molar-refractivity contribution in [2.75, 3.05) is 0 Å². The van der Waals surface area contributed by atoms with Gasteiger partial charge in [-0.3, -0.25) is 4.79 Å². The summed E-state index contributed by atoms with van der Waals surface area (Å²) in [5, 5.41) is 8.20. The van der Waals surface area contributed by atoms with Crippen LogP contribution in [0, 0.1) is 12.8 Å². The first kappa shape index (κ1) is 13.0. The Hall–Kier alpha value is -2.03. The minimum Gasteiger partial charge on any atom is -0.294 e. The summed E-state index contributed by atoms with van der Waals surface area (Å²) < 4.78 is 0. The normalized spacial score (nSPS) is 20.7. The van der Waals surface area contributed by atoms with Gasteiger partial charge in [0.15, 0.2) is 5.78 Å². The van der Waals surface area contributed by atoms with Gasteiger partial charge in [-0.2, -0.15) is 10.2 Å². The van der Waals surface area contributed by atoms with Crippen LogP contribution in [0.5, 0.6) is 0 Å². The van der Waals surface area contributed by atoms with Gasteiger partial charge in [-0.05, 0) is 37.3 Å². The molecule has 0 radical (unpaired) electrons. The summed E-state index contributed by atoms with van der Waals surface area (Å²) in [4.78, 5) is 12.7. The number of benzene rings is 1. The van der Waals surface area contributed by atoms with Crippen LogP contribution < -0.4 is 0 Å². The van der Waals surface area contributed by atoms with Crippen LogP contribution in [-0.4, -0.2) is 16.0 Å². The second-order valence-electron chi connectivity index (χ2n) is 5.42. The first-order valence-corrected chi connectivity index (χ1v) is 7.13. The highest BCUT2D eigenvalue weighted by Gasteiger charge is 2.44. The quantitative estimate of drug-likeness (QED) is 0.797. The van der Waals surface area contributed by atoms with Gasteiger partial charge in [0.2, 0.25) is 0 Å². The summed E-state index contributed by atoms with van der Waals surface area (Å²) >= 11 is 0. The monoisotopic (exact) mass is 266 g/mol. The highest BCUT2D eigenvalue weighted by atomic mass is 16.1. The molecule has 1 saturated carbocycles. The summed E-state index contributed by atoms with van der Waals surface area (Å²) in [6.45, 7) is 3.89. The van der Waals surface area contributed by atoms with E-state index in [2.05, 4.69) is 22.3 Å². The molecule has 0 bridgehead atoms. The molecule has 1 heterocycles. The smallest absolute Gasteiger partial charge is 0.168 e. The van der Waals surface area contributed by atoms with Gasteiger partial charge < -0.3 is 0 Å². The molecule has 2 unspecified atom stereocenters. The van der Waals surface area contributed by atoms with Crippen LogP contribution in [0.25, 0.3) is 0 Å². The van der Waals surface area contributed by atoms with E-state index < -0.39 is 0 Å². The first-order valence-electron chi connectivity index (χ1n) is 7.13. The molecule has 3 nitrogen and oxygen atoms in total. The standard InChI is InChI=1S/C17H18N2O/c1-3-16-15(9-11(2)18-19-16)17(20)14-10-13(14)12-7-5-4-6-8-12/h4-9,13-14H,3,10H2,1-2H3. The molecule has 1 aliphatic carbocycles. The van der Waals surface area contributed by atoms with E-state index in [1.54, 1.807) is 0 Å². The maximum atomic E-state index is 12.7. The number of carbonyl (C=O) groups is 1. The number of aryl methyl sites for hydroxylation is 2. The van der Waals surface area contributed by atoms with E-state index in [-0.39, 0.29) is 11.7 Å². The van der Waals surface area contributed by atoms with Crippen molar-refractivity contribution in [3.05, 3.63) is 58.9 Å². The molecule has 1 aromatic carbocycles. The SMILES string of the molecule is CCc1nnc(C)cc1C(=O)C1CC1c1ccccc1. The average molecular weight is 266 g/mol. The summed E-state index contributed by atoms with van der Waals surface area (Å²) in [7, 11) is 0. The predicted octanol–water partition coefficient (Wildman–Crippen LogP) is 3.33. The van der Waals surface area contributed by atoms with Crippen LogP contribution in [0.4, 0.5) is 0 Å². The lowest BCUT2D eigenvalue weighted by molar-refractivity contribution is 0.0963. The third kappa shape index (κ3) is 2.36. The lowest BCUT2D eigenvalue weighted by Crippen LogP contribution is -2.10. The molecule has 1 fully saturated rings. The van der Waals surface area contributed by atoms with Crippen molar-refractivity contribution in [3.63, 3.8) is 0 Å². The number of hydrogen-bond donors (Lipinski definition) is 0. The Bertz CT molecular complexity index is 637. The maximum Gasteiger partial charge on any atom is 0.168 e. The Morgan fingerprint density at radius 2 is 2.00 bits per heavy atom. The van der Waals surface area contributed by atoms with Crippen LogP contribution in [0.1, 0.15) is 46.6 Å². The average Bonchev–Trinajstić information content (AvgIpc) is 3.28. The van der Waals surface area contributed by atoms with Gasteiger partial charge in [-0.25, -0.2) is 0 Å². The summed E-state index contributed by atoms with van der Waals surface area (Å²) in [5.41, 5.74) is 3.66. The molecule has 20 heavy (non-hydrogen) atoms. The van der Waals surface area contributed by atoms with Gasteiger partial charge in [-0.1, -0.05) is 37.3 Å². The minimum absolute atomic E-state index is 0.117. The topological polar surface area (TPSA) is 42.9 Å². The van der Waals surface area contributed by atoms with Gasteiger partial charge in [0.25, 0.3) is 0 Å². The summed E-state index contributed by atoms with van der Waals surface area (Å²) in [6, 6.07) is 12.2. The number of Topliss-reactive ketones (excluding diaryl/α,β-unsaturated/α-hetero) is 1. The molecule has 3 rings (SSSR count). The zero-order valence-electron chi connectivity index (χ0n) is 11.8. The highest BCUT2D eigenvalue weighted by Crippen LogP contribution is 2.49. The zero-order valence-corrected chi connectivity index (χ0v) is 11.8. The van der Waals surface area contributed by atoms with E-state index in [0.29, 0.717) is 5.92 Å². The number of rotatable bonds is 4. The van der Waals surface area contributed by atoms with E-state index in [1.165, 1.54) is 5.56 Å². The molecule has 0 spiro atoms. The molecule has 1 aliphatic rings. The Balaban J connectivity index is 1.83. The van der Waals surface area contributed by atoms with E-state index >= 15 is 0 Å². The van der Waals surface area contributed by atoms with Crippen molar-refractivity contribution in [1.82, 2.24) is 10.2 Å². The number of nitrogens with zero attached hydrogens (tertiary/aromatic N) is 2. The molecule has 102 valence electrons. The Morgan fingerprint density at radius 3 is 2.70 bits per heavy atom. The van der Waals surface area contributed by atoms with E-state index in [9.17, 15) is 4.79 Å². The second-order valence-corrected chi connectivity index (χ2v) is 5.42. The van der Waals surface area contributed by atoms with Crippen LogP contribution in [-0.2, 0) is 6.42 Å². The van der Waals surface area contributed by atoms with Crippen LogP contribution in [0.15, 0.2) is 36.4 Å². The molecule has 3 heteroatoms. The third-order valence-corrected chi connectivity index (χ3v) is 3.95. The Morgan fingerprint density at radius 1 is 1.25 bits per heavy atom. The zero-order chi connectivity index (χ0) is 14.1. The first-order chi connectivity index (χ1) is 9.70. The van der Waals surface area contributed by atoms with Crippen LogP contribution in [0.3, 0.4) is 0 Å². The number of carbonyl (C=O) groups excluding carboxylic acids is 1. The minimum atomic E-state index is 0.117. The largest absolute Gasteiger partial charge is 0.294 e. The molecular weight excluding hydrogens is 248 g/mol. The van der Waals surface area contributed by atoms with Crippen molar-refractivity contribution in [3.8, 4) is 0 Å². The number of ketones is 1. The fourth-order valence-electron chi connectivity index (χ4n) is 2.74. The molecule has 0 aliphatic heterocycles. The lowest BCUT2D eigenvalue weighted by Gasteiger charge is -2.06. The highest BCUT2D eigenvalue weighted by molar-refractivity contribution is 6.01. The fourth-order valence-corrected chi connectivity index (χ4v) is 2.74. The molecule has 2 aromatic rings. The van der Waals surface area contributed by atoms with E-state index in [0.717, 1.165) is 29.8 Å². The Kier molecular flexibility index (Phi) is 3.35. The molecule has 0 saturated heterocycles. The molecule has 0 amide bonds. The number of aromatic nitrogens is 2. The van der Waals surface area contributed by atoms with Gasteiger partial charge in [0.05, 0.1) is 11.4 Å². The molecular formula is C17H18N2O. The lowest BCUT2D eigenvalue weighted by atomic mass is 10.0. The fraction of sp³-hybridized carbons (Fsp3) is 0.353. The van der Waals surface area contributed by atoms with Crippen molar-refractivity contribution in [2.24, 2.45) is 5.92 Å². The maximum absolute atomic E-state index is 12.7. The predicted molar refractivity (Wildman–Crippen MR) is 77.8 cm³/mol. The van der Waals surface area contributed by atoms with Gasteiger partial charge >= 0.3 is 0 Å². The van der Waals surface area contributed by atoms with Crippen molar-refractivity contribution >= 4 is 5.78 Å². The van der Waals surface area contributed by atoms with E-state index in [1.807, 2.05) is 38.1 Å². The Labute approximate surface area is 119 Å². The van der Waals surface area contributed by atoms with Gasteiger partial charge in [0.1, 0.15) is 0 Å². The van der Waals surface area contributed by atoms with Crippen molar-refractivity contribution < 1.29 is 4.79 Å². The van der Waals surface area contributed by atoms with Gasteiger partial charge in [0, 0.05) is 11.5 Å². The number of hydrogen-bond acceptors (Lipinski definition) is 3.